The molecule has 1 atom stereocenters. The van der Waals surface area contributed by atoms with Crippen molar-refractivity contribution in [3.8, 4) is 0 Å². The molecule has 1 amide bonds. The van der Waals surface area contributed by atoms with Crippen LogP contribution < -0.4 is 15.5 Å². The molecule has 11 heteroatoms. The van der Waals surface area contributed by atoms with E-state index in [1.54, 1.807) is 6.07 Å². The lowest BCUT2D eigenvalue weighted by molar-refractivity contribution is -0.384. The van der Waals surface area contributed by atoms with Gasteiger partial charge in [0.2, 0.25) is 11.9 Å². The van der Waals surface area contributed by atoms with E-state index in [-0.39, 0.29) is 35.1 Å². The third-order valence-corrected chi connectivity index (χ3v) is 5.19. The molecule has 0 bridgehead atoms. The number of anilines is 3. The van der Waals surface area contributed by atoms with Crippen LogP contribution in [0.5, 0.6) is 0 Å². The number of aromatic nitrogens is 2. The third kappa shape index (κ3) is 6.67. The fourth-order valence-corrected chi connectivity index (χ4v) is 3.61. The number of halogens is 2. The van der Waals surface area contributed by atoms with Gasteiger partial charge in [0.15, 0.2) is 0 Å². The number of amides is 1. The molecule has 1 aliphatic heterocycles. The van der Waals surface area contributed by atoms with Gasteiger partial charge >= 0.3 is 0 Å². The molecular formula is C20H26Cl2N6O3. The highest BCUT2D eigenvalue weighted by atomic mass is 35.5. The molecule has 1 aliphatic rings. The molecule has 0 saturated carbocycles. The van der Waals surface area contributed by atoms with Gasteiger partial charge in [-0.3, -0.25) is 14.9 Å². The number of benzene rings is 1. The van der Waals surface area contributed by atoms with Crippen LogP contribution in [0.1, 0.15) is 38.8 Å². The van der Waals surface area contributed by atoms with E-state index < -0.39 is 4.92 Å². The zero-order valence-electron chi connectivity index (χ0n) is 17.4. The van der Waals surface area contributed by atoms with Gasteiger partial charge in [-0.2, -0.15) is 4.98 Å². The molecule has 1 aromatic carbocycles. The first kappa shape index (κ1) is 24.6. The molecule has 9 nitrogen and oxygen atoms in total. The standard InChI is InChI=1S/C20H25ClN6O3.ClH/c1-3-4-5-14-11-19(26-9-8-16(12-26)22-13(2)28)25-20(23-14)24-15-6-7-17(21)18(10-15)27(29)30;/h6-7,10-11,16H,3-5,8-9,12H2,1-2H3,(H,22,28)(H,23,24,25);1H/t16-;/m0./s1. The minimum absolute atomic E-state index is 0. The average Bonchev–Trinajstić information content (AvgIpc) is 3.15. The minimum atomic E-state index is -0.524. The van der Waals surface area contributed by atoms with Crippen LogP contribution in [0.25, 0.3) is 0 Å². The van der Waals surface area contributed by atoms with E-state index in [1.165, 1.54) is 19.1 Å². The SMILES string of the molecule is CCCCc1cc(N2CC[C@H](NC(C)=O)C2)nc(Nc2ccc(Cl)c([N+](=O)[O-])c2)n1.Cl. The summed E-state index contributed by atoms with van der Waals surface area (Å²) in [6, 6.07) is 6.56. The van der Waals surface area contributed by atoms with Crippen molar-refractivity contribution in [2.75, 3.05) is 23.3 Å². The van der Waals surface area contributed by atoms with Crippen LogP contribution in [-0.2, 0) is 11.2 Å². The molecule has 168 valence electrons. The van der Waals surface area contributed by atoms with E-state index in [9.17, 15) is 14.9 Å². The van der Waals surface area contributed by atoms with E-state index in [4.69, 9.17) is 11.6 Å². The van der Waals surface area contributed by atoms with Crippen molar-refractivity contribution >= 4 is 53.1 Å². The van der Waals surface area contributed by atoms with Gasteiger partial charge in [0.05, 0.1) is 4.92 Å². The van der Waals surface area contributed by atoms with E-state index in [0.29, 0.717) is 18.2 Å². The Labute approximate surface area is 192 Å². The summed E-state index contributed by atoms with van der Waals surface area (Å²) in [4.78, 5) is 33.3. The Balaban J connectivity index is 0.00000341. The van der Waals surface area contributed by atoms with Gasteiger partial charge in [0.1, 0.15) is 10.8 Å². The first-order valence-electron chi connectivity index (χ1n) is 9.96. The summed E-state index contributed by atoms with van der Waals surface area (Å²) in [5, 5.41) is 17.3. The van der Waals surface area contributed by atoms with Crippen molar-refractivity contribution < 1.29 is 9.72 Å². The van der Waals surface area contributed by atoms with Crippen molar-refractivity contribution in [3.63, 3.8) is 0 Å². The highest BCUT2D eigenvalue weighted by Crippen LogP contribution is 2.29. The van der Waals surface area contributed by atoms with Crippen LogP contribution in [0.4, 0.5) is 23.1 Å². The number of carbonyl (C=O) groups excluding carboxylic acids is 1. The minimum Gasteiger partial charge on any atom is -0.354 e. The summed E-state index contributed by atoms with van der Waals surface area (Å²) < 4.78 is 0. The fraction of sp³-hybridized carbons (Fsp3) is 0.450. The number of nitrogens with one attached hydrogen (secondary N) is 2. The monoisotopic (exact) mass is 468 g/mol. The third-order valence-electron chi connectivity index (χ3n) is 4.87. The number of hydrogen-bond acceptors (Lipinski definition) is 7. The Morgan fingerprint density at radius 3 is 2.81 bits per heavy atom. The van der Waals surface area contributed by atoms with Gasteiger partial charge in [-0.1, -0.05) is 24.9 Å². The Morgan fingerprint density at radius 1 is 1.35 bits per heavy atom. The van der Waals surface area contributed by atoms with Gasteiger partial charge in [0.25, 0.3) is 5.69 Å². The number of rotatable bonds is 8. The highest BCUT2D eigenvalue weighted by molar-refractivity contribution is 6.32. The lowest BCUT2D eigenvalue weighted by Gasteiger charge is -2.19. The first-order valence-corrected chi connectivity index (χ1v) is 10.3. The molecule has 1 saturated heterocycles. The van der Waals surface area contributed by atoms with Gasteiger partial charge in [0, 0.05) is 49.6 Å². The van der Waals surface area contributed by atoms with Gasteiger partial charge < -0.3 is 15.5 Å². The second-order valence-corrected chi connectivity index (χ2v) is 7.73. The molecule has 0 unspecified atom stereocenters. The van der Waals surface area contributed by atoms with Crippen molar-refractivity contribution in [3.05, 3.63) is 45.1 Å². The van der Waals surface area contributed by atoms with Crippen LogP contribution in [0.3, 0.4) is 0 Å². The Hall–Kier alpha value is -2.65. The number of nitrogens with zero attached hydrogens (tertiary/aromatic N) is 4. The lowest BCUT2D eigenvalue weighted by atomic mass is 10.2. The Bertz CT molecular complexity index is 943. The van der Waals surface area contributed by atoms with Crippen molar-refractivity contribution in [2.45, 2.75) is 45.6 Å². The number of hydrogen-bond donors (Lipinski definition) is 2. The van der Waals surface area contributed by atoms with E-state index in [0.717, 1.165) is 43.7 Å². The number of aryl methyl sites for hydroxylation is 1. The fourth-order valence-electron chi connectivity index (χ4n) is 3.42. The Kier molecular flexibility index (Phi) is 8.82. The quantitative estimate of drug-likeness (QED) is 0.439. The number of carbonyl (C=O) groups is 1. The summed E-state index contributed by atoms with van der Waals surface area (Å²) in [5.74, 6) is 1.10. The molecule has 0 radical (unpaired) electrons. The topological polar surface area (TPSA) is 113 Å². The average molecular weight is 469 g/mol. The van der Waals surface area contributed by atoms with Gasteiger partial charge in [-0.25, -0.2) is 4.98 Å². The maximum Gasteiger partial charge on any atom is 0.289 e. The molecular weight excluding hydrogens is 443 g/mol. The summed E-state index contributed by atoms with van der Waals surface area (Å²) in [7, 11) is 0. The van der Waals surface area contributed by atoms with Crippen LogP contribution in [0.2, 0.25) is 5.02 Å². The van der Waals surface area contributed by atoms with Crippen LogP contribution in [-0.4, -0.2) is 39.9 Å². The van der Waals surface area contributed by atoms with Gasteiger partial charge in [-0.05, 0) is 31.4 Å². The number of nitro benzene ring substituents is 1. The Morgan fingerprint density at radius 2 is 2.13 bits per heavy atom. The molecule has 1 fully saturated rings. The van der Waals surface area contributed by atoms with E-state index >= 15 is 0 Å². The molecule has 0 spiro atoms. The van der Waals surface area contributed by atoms with Crippen LogP contribution >= 0.6 is 24.0 Å². The van der Waals surface area contributed by atoms with Gasteiger partial charge in [-0.15, -0.1) is 12.4 Å². The summed E-state index contributed by atoms with van der Waals surface area (Å²) in [6.07, 6.45) is 3.70. The van der Waals surface area contributed by atoms with Crippen molar-refractivity contribution in [1.29, 1.82) is 0 Å². The van der Waals surface area contributed by atoms with Crippen molar-refractivity contribution in [1.82, 2.24) is 15.3 Å². The number of nitro groups is 1. The summed E-state index contributed by atoms with van der Waals surface area (Å²) in [6.45, 7) is 5.09. The smallest absolute Gasteiger partial charge is 0.289 e. The predicted octanol–water partition coefficient (Wildman–Crippen LogP) is 4.26. The molecule has 0 aliphatic carbocycles. The highest BCUT2D eigenvalue weighted by Gasteiger charge is 2.25. The number of unbranched alkanes of at least 4 members (excludes halogenated alkanes) is 1. The zero-order chi connectivity index (χ0) is 21.7. The predicted molar refractivity (Wildman–Crippen MR) is 124 cm³/mol. The normalized spacial score (nSPS) is 15.3. The van der Waals surface area contributed by atoms with E-state index in [2.05, 4.69) is 32.4 Å². The largest absolute Gasteiger partial charge is 0.354 e. The lowest BCUT2D eigenvalue weighted by Crippen LogP contribution is -2.35. The first-order chi connectivity index (χ1) is 14.4. The van der Waals surface area contributed by atoms with E-state index in [1.807, 2.05) is 6.07 Å². The summed E-state index contributed by atoms with van der Waals surface area (Å²) in [5.41, 5.74) is 1.21. The van der Waals surface area contributed by atoms with Crippen LogP contribution in [0, 0.1) is 10.1 Å². The molecule has 2 N–H and O–H groups in total. The van der Waals surface area contributed by atoms with Crippen molar-refractivity contribution in [2.24, 2.45) is 0 Å². The second kappa shape index (κ2) is 11.1. The maximum absolute atomic E-state index is 11.3. The van der Waals surface area contributed by atoms with Crippen LogP contribution in [0.15, 0.2) is 24.3 Å². The summed E-state index contributed by atoms with van der Waals surface area (Å²) >= 11 is 5.90. The molecule has 2 aromatic rings. The molecule has 2 heterocycles. The molecule has 3 rings (SSSR count). The second-order valence-electron chi connectivity index (χ2n) is 7.33. The molecule has 31 heavy (non-hydrogen) atoms. The molecule has 1 aromatic heterocycles. The maximum atomic E-state index is 11.3. The zero-order valence-corrected chi connectivity index (χ0v) is 19.0.